The lowest BCUT2D eigenvalue weighted by Gasteiger charge is -2.33. The first-order valence-electron chi connectivity index (χ1n) is 6.11. The van der Waals surface area contributed by atoms with Gasteiger partial charge in [-0.2, -0.15) is 0 Å². The number of hydrogen-bond donors (Lipinski definition) is 0. The largest absolute Gasteiger partial charge is 0.348 e. The van der Waals surface area contributed by atoms with Crippen molar-refractivity contribution in [2.24, 2.45) is 5.41 Å². The van der Waals surface area contributed by atoms with E-state index in [2.05, 4.69) is 38.1 Å². The van der Waals surface area contributed by atoms with Crippen molar-refractivity contribution in [3.05, 3.63) is 48.0 Å². The lowest BCUT2D eigenvalue weighted by molar-refractivity contribution is -0.182. The Morgan fingerprint density at radius 1 is 1.06 bits per heavy atom. The molecule has 0 bridgehead atoms. The molecule has 0 spiro atoms. The van der Waals surface area contributed by atoms with Gasteiger partial charge in [0.25, 0.3) is 0 Å². The van der Waals surface area contributed by atoms with Crippen LogP contribution >= 0.6 is 0 Å². The van der Waals surface area contributed by atoms with Crippen LogP contribution in [0.3, 0.4) is 0 Å². The average molecular weight is 232 g/mol. The molecule has 0 unspecified atom stereocenters. The Kier molecular flexibility index (Phi) is 3.97. The van der Waals surface area contributed by atoms with Gasteiger partial charge in [-0.25, -0.2) is 0 Å². The molecule has 2 heteroatoms. The molecular formula is C15H20O2. The van der Waals surface area contributed by atoms with Crippen LogP contribution < -0.4 is 0 Å². The highest BCUT2D eigenvalue weighted by molar-refractivity contribution is 5.16. The first-order chi connectivity index (χ1) is 8.18. The minimum absolute atomic E-state index is 0.0205. The van der Waals surface area contributed by atoms with Gasteiger partial charge in [-0.1, -0.05) is 56.3 Å². The van der Waals surface area contributed by atoms with E-state index in [9.17, 15) is 0 Å². The van der Waals surface area contributed by atoms with Crippen LogP contribution in [-0.2, 0) is 15.9 Å². The van der Waals surface area contributed by atoms with Crippen molar-refractivity contribution in [2.75, 3.05) is 13.2 Å². The molecule has 17 heavy (non-hydrogen) atoms. The first-order valence-corrected chi connectivity index (χ1v) is 6.11. The molecule has 92 valence electrons. The van der Waals surface area contributed by atoms with Crippen molar-refractivity contribution in [1.82, 2.24) is 0 Å². The van der Waals surface area contributed by atoms with Crippen molar-refractivity contribution in [3.8, 4) is 0 Å². The lowest BCUT2D eigenvalue weighted by Crippen LogP contribution is -2.36. The number of ether oxygens (including phenoxy) is 2. The van der Waals surface area contributed by atoms with Crippen LogP contribution in [0.4, 0.5) is 0 Å². The van der Waals surface area contributed by atoms with Gasteiger partial charge >= 0.3 is 0 Å². The topological polar surface area (TPSA) is 18.5 Å². The van der Waals surface area contributed by atoms with Gasteiger partial charge in [0.2, 0.25) is 0 Å². The molecule has 0 N–H and O–H groups in total. The van der Waals surface area contributed by atoms with E-state index >= 15 is 0 Å². The fourth-order valence-corrected chi connectivity index (χ4v) is 2.13. The predicted molar refractivity (Wildman–Crippen MR) is 68.8 cm³/mol. The summed E-state index contributed by atoms with van der Waals surface area (Å²) in [6.45, 7) is 5.66. The predicted octanol–water partition coefficient (Wildman–Crippen LogP) is 3.18. The maximum atomic E-state index is 5.73. The Morgan fingerprint density at radius 2 is 1.65 bits per heavy atom. The Morgan fingerprint density at radius 3 is 2.24 bits per heavy atom. The Balaban J connectivity index is 2.02. The van der Waals surface area contributed by atoms with Crippen molar-refractivity contribution >= 4 is 0 Å². The number of rotatable bonds is 3. The molecule has 1 aromatic carbocycles. The summed E-state index contributed by atoms with van der Waals surface area (Å²) >= 11 is 0. The van der Waals surface area contributed by atoms with Crippen LogP contribution in [0.2, 0.25) is 0 Å². The molecule has 0 aromatic heterocycles. The number of benzene rings is 1. The Labute approximate surface area is 103 Å². The second-order valence-electron chi connectivity index (χ2n) is 5.12. The monoisotopic (exact) mass is 232 g/mol. The molecule has 0 fully saturated rings. The molecule has 0 amide bonds. The molecule has 1 heterocycles. The summed E-state index contributed by atoms with van der Waals surface area (Å²) in [6.07, 6.45) is 4.84. The molecule has 1 aliphatic rings. The smallest absolute Gasteiger partial charge is 0.163 e. The van der Waals surface area contributed by atoms with E-state index in [1.165, 1.54) is 5.56 Å². The molecule has 0 atom stereocenters. The maximum absolute atomic E-state index is 5.73. The van der Waals surface area contributed by atoms with Crippen molar-refractivity contribution in [3.63, 3.8) is 0 Å². The minimum Gasteiger partial charge on any atom is -0.348 e. The maximum Gasteiger partial charge on any atom is 0.163 e. The van der Waals surface area contributed by atoms with Gasteiger partial charge in [-0.05, 0) is 12.0 Å². The van der Waals surface area contributed by atoms with Gasteiger partial charge in [0.05, 0.1) is 13.2 Å². The third kappa shape index (κ3) is 3.42. The molecule has 2 rings (SSSR count). The second-order valence-corrected chi connectivity index (χ2v) is 5.12. The Hall–Kier alpha value is -1.12. The van der Waals surface area contributed by atoms with E-state index < -0.39 is 0 Å². The fraction of sp³-hybridized carbons (Fsp3) is 0.467. The summed E-state index contributed by atoms with van der Waals surface area (Å²) < 4.78 is 11.5. The van der Waals surface area contributed by atoms with E-state index in [1.807, 2.05) is 18.2 Å². The number of hydrogen-bond acceptors (Lipinski definition) is 2. The minimum atomic E-state index is -0.141. The zero-order valence-electron chi connectivity index (χ0n) is 10.6. The summed E-state index contributed by atoms with van der Waals surface area (Å²) in [5.41, 5.74) is 1.30. The molecule has 0 aliphatic carbocycles. The SMILES string of the molecule is CC(C)(Cc1ccccc1)C1OCC=CCO1. The first kappa shape index (κ1) is 12.3. The van der Waals surface area contributed by atoms with Gasteiger partial charge in [0, 0.05) is 5.41 Å². The zero-order valence-corrected chi connectivity index (χ0v) is 10.6. The average Bonchev–Trinajstić information content (AvgIpc) is 2.58. The highest BCUT2D eigenvalue weighted by Gasteiger charge is 2.31. The summed E-state index contributed by atoms with van der Waals surface area (Å²) in [5, 5.41) is 0. The Bertz CT molecular complexity index is 358. The van der Waals surface area contributed by atoms with Gasteiger partial charge in [-0.3, -0.25) is 0 Å². The van der Waals surface area contributed by atoms with Gasteiger partial charge in [0.1, 0.15) is 0 Å². The normalized spacial score (nSPS) is 18.0. The van der Waals surface area contributed by atoms with Crippen LogP contribution in [0.1, 0.15) is 19.4 Å². The lowest BCUT2D eigenvalue weighted by atomic mass is 9.85. The van der Waals surface area contributed by atoms with E-state index in [-0.39, 0.29) is 11.7 Å². The van der Waals surface area contributed by atoms with Gasteiger partial charge < -0.3 is 9.47 Å². The van der Waals surface area contributed by atoms with Crippen LogP contribution in [0.15, 0.2) is 42.5 Å². The van der Waals surface area contributed by atoms with E-state index in [4.69, 9.17) is 9.47 Å². The molecular weight excluding hydrogens is 212 g/mol. The van der Waals surface area contributed by atoms with Crippen LogP contribution in [0, 0.1) is 5.41 Å². The molecule has 1 aliphatic heterocycles. The van der Waals surface area contributed by atoms with E-state index in [1.54, 1.807) is 0 Å². The van der Waals surface area contributed by atoms with Crippen LogP contribution in [0.5, 0.6) is 0 Å². The molecule has 0 saturated carbocycles. The molecule has 1 aromatic rings. The van der Waals surface area contributed by atoms with Crippen LogP contribution in [-0.4, -0.2) is 19.5 Å². The summed E-state index contributed by atoms with van der Waals surface area (Å²) in [7, 11) is 0. The highest BCUT2D eigenvalue weighted by atomic mass is 16.7. The summed E-state index contributed by atoms with van der Waals surface area (Å²) in [4.78, 5) is 0. The van der Waals surface area contributed by atoms with Crippen molar-refractivity contribution in [1.29, 1.82) is 0 Å². The second kappa shape index (κ2) is 5.48. The van der Waals surface area contributed by atoms with E-state index in [0.717, 1.165) is 6.42 Å². The fourth-order valence-electron chi connectivity index (χ4n) is 2.13. The molecule has 0 radical (unpaired) electrons. The van der Waals surface area contributed by atoms with E-state index in [0.29, 0.717) is 13.2 Å². The van der Waals surface area contributed by atoms with Gasteiger partial charge in [0.15, 0.2) is 6.29 Å². The van der Waals surface area contributed by atoms with Crippen molar-refractivity contribution in [2.45, 2.75) is 26.6 Å². The van der Waals surface area contributed by atoms with Crippen LogP contribution in [0.25, 0.3) is 0 Å². The quantitative estimate of drug-likeness (QED) is 0.745. The third-order valence-corrected chi connectivity index (χ3v) is 2.99. The van der Waals surface area contributed by atoms with Gasteiger partial charge in [-0.15, -0.1) is 0 Å². The summed E-state index contributed by atoms with van der Waals surface area (Å²) in [6, 6.07) is 10.5. The highest BCUT2D eigenvalue weighted by Crippen LogP contribution is 2.29. The standard InChI is InChI=1S/C15H20O2/c1-15(2,12-13-8-4-3-5-9-13)14-16-10-6-7-11-17-14/h3-9,14H,10-12H2,1-2H3. The zero-order chi connectivity index (χ0) is 12.1. The molecule has 2 nitrogen and oxygen atoms in total. The van der Waals surface area contributed by atoms with Crippen molar-refractivity contribution < 1.29 is 9.47 Å². The third-order valence-electron chi connectivity index (χ3n) is 2.99. The summed E-state index contributed by atoms with van der Waals surface area (Å²) in [5.74, 6) is 0. The molecule has 0 saturated heterocycles.